The monoisotopic (exact) mass is 401 g/mol. The molecule has 0 aliphatic rings. The number of pyridine rings is 1. The van der Waals surface area contributed by atoms with Gasteiger partial charge in [0.15, 0.2) is 0 Å². The first-order chi connectivity index (χ1) is 12.9. The summed E-state index contributed by atoms with van der Waals surface area (Å²) < 4.78 is 25.2. The Morgan fingerprint density at radius 3 is 2.04 bits per heavy atom. The molecule has 0 saturated heterocycles. The Morgan fingerprint density at radius 2 is 1.44 bits per heavy atom. The lowest BCUT2D eigenvalue weighted by atomic mass is 10.3. The Morgan fingerprint density at radius 1 is 0.889 bits per heavy atom. The molecule has 3 rings (SSSR count). The van der Waals surface area contributed by atoms with Gasteiger partial charge in [-0.3, -0.25) is 4.98 Å². The van der Waals surface area contributed by atoms with E-state index in [4.69, 9.17) is 11.6 Å². The van der Waals surface area contributed by atoms with Gasteiger partial charge in [-0.05, 0) is 66.2 Å². The molecule has 8 heteroatoms. The fourth-order valence-corrected chi connectivity index (χ4v) is 3.71. The van der Waals surface area contributed by atoms with E-state index in [1.165, 1.54) is 48.5 Å². The zero-order valence-corrected chi connectivity index (χ0v) is 15.7. The Bertz CT molecular complexity index is 1020. The summed E-state index contributed by atoms with van der Waals surface area (Å²) in [6, 6.07) is 15.1. The van der Waals surface area contributed by atoms with Gasteiger partial charge in [-0.1, -0.05) is 11.6 Å². The fraction of sp³-hybridized carbons (Fsp3) is 0.0526. The molecular formula is C19H16ClN3O3S. The second-order valence-corrected chi connectivity index (χ2v) is 8.03. The number of carbonyl (C=O) groups excluding carboxylic acids is 1. The average molecular weight is 402 g/mol. The molecule has 0 spiro atoms. The molecule has 0 saturated carbocycles. The van der Waals surface area contributed by atoms with Crippen LogP contribution in [-0.2, 0) is 16.4 Å². The SMILES string of the molecule is O=C(NCc1ccncc1)Nc1ccc(S(=O)(=O)c2ccc(Cl)cc2)cc1. The van der Waals surface area contributed by atoms with E-state index < -0.39 is 9.84 Å². The number of urea groups is 1. The number of nitrogens with zero attached hydrogens (tertiary/aromatic N) is 1. The van der Waals surface area contributed by atoms with Crippen LogP contribution >= 0.6 is 11.6 Å². The predicted molar refractivity (Wildman–Crippen MR) is 103 cm³/mol. The van der Waals surface area contributed by atoms with Crippen LogP contribution in [0.15, 0.2) is 82.8 Å². The van der Waals surface area contributed by atoms with Crippen molar-refractivity contribution in [3.63, 3.8) is 0 Å². The standard InChI is InChI=1S/C19H16ClN3O3S/c20-15-1-5-17(6-2-15)27(25,26)18-7-3-16(4-8-18)23-19(24)22-13-14-9-11-21-12-10-14/h1-12H,13H2,(H2,22,23,24). The van der Waals surface area contributed by atoms with Crippen LogP contribution in [0.25, 0.3) is 0 Å². The summed E-state index contributed by atoms with van der Waals surface area (Å²) in [6.07, 6.45) is 3.30. The molecule has 0 unspecified atom stereocenters. The molecule has 0 aliphatic carbocycles. The number of benzene rings is 2. The molecule has 2 aromatic carbocycles. The highest BCUT2D eigenvalue weighted by molar-refractivity contribution is 7.91. The van der Waals surface area contributed by atoms with Crippen molar-refractivity contribution >= 4 is 33.2 Å². The lowest BCUT2D eigenvalue weighted by Gasteiger charge is -2.09. The van der Waals surface area contributed by atoms with E-state index in [0.717, 1.165) is 5.56 Å². The Labute approximate surface area is 162 Å². The molecule has 138 valence electrons. The molecular weight excluding hydrogens is 386 g/mol. The predicted octanol–water partition coefficient (Wildman–Crippen LogP) is 3.89. The van der Waals surface area contributed by atoms with Crippen molar-refractivity contribution in [1.82, 2.24) is 10.3 Å². The Hall–Kier alpha value is -2.90. The number of rotatable bonds is 5. The highest BCUT2D eigenvalue weighted by Crippen LogP contribution is 2.23. The molecule has 2 N–H and O–H groups in total. The van der Waals surface area contributed by atoms with Crippen molar-refractivity contribution in [2.24, 2.45) is 0 Å². The zero-order chi connectivity index (χ0) is 19.3. The lowest BCUT2D eigenvalue weighted by Crippen LogP contribution is -2.28. The number of anilines is 1. The molecule has 0 aliphatic heterocycles. The van der Waals surface area contributed by atoms with Crippen molar-refractivity contribution < 1.29 is 13.2 Å². The van der Waals surface area contributed by atoms with Crippen LogP contribution in [0.4, 0.5) is 10.5 Å². The number of carbonyl (C=O) groups is 1. The smallest absolute Gasteiger partial charge is 0.319 e. The summed E-state index contributed by atoms with van der Waals surface area (Å²) in [5.74, 6) is 0. The summed E-state index contributed by atoms with van der Waals surface area (Å²) in [5.41, 5.74) is 1.40. The second kappa shape index (κ2) is 8.20. The van der Waals surface area contributed by atoms with Gasteiger partial charge in [0.25, 0.3) is 0 Å². The largest absolute Gasteiger partial charge is 0.334 e. The first-order valence-electron chi connectivity index (χ1n) is 7.99. The number of hydrogen-bond acceptors (Lipinski definition) is 4. The van der Waals surface area contributed by atoms with Crippen LogP contribution in [-0.4, -0.2) is 19.4 Å². The van der Waals surface area contributed by atoms with E-state index in [-0.39, 0.29) is 15.8 Å². The number of aromatic nitrogens is 1. The van der Waals surface area contributed by atoms with Crippen LogP contribution in [0.2, 0.25) is 5.02 Å². The number of hydrogen-bond donors (Lipinski definition) is 2. The summed E-state index contributed by atoms with van der Waals surface area (Å²) >= 11 is 5.80. The molecule has 1 aromatic heterocycles. The lowest BCUT2D eigenvalue weighted by molar-refractivity contribution is 0.251. The number of halogens is 1. The van der Waals surface area contributed by atoms with E-state index in [9.17, 15) is 13.2 Å². The zero-order valence-electron chi connectivity index (χ0n) is 14.1. The van der Waals surface area contributed by atoms with Gasteiger partial charge in [0.1, 0.15) is 0 Å². The van der Waals surface area contributed by atoms with E-state index >= 15 is 0 Å². The molecule has 1 heterocycles. The average Bonchev–Trinajstić information content (AvgIpc) is 2.68. The molecule has 6 nitrogen and oxygen atoms in total. The Kier molecular flexibility index (Phi) is 5.73. The quantitative estimate of drug-likeness (QED) is 0.678. The van der Waals surface area contributed by atoms with Gasteiger partial charge >= 0.3 is 6.03 Å². The van der Waals surface area contributed by atoms with Crippen molar-refractivity contribution in [2.75, 3.05) is 5.32 Å². The summed E-state index contributed by atoms with van der Waals surface area (Å²) in [6.45, 7) is 0.359. The minimum atomic E-state index is -3.64. The van der Waals surface area contributed by atoms with Gasteiger partial charge in [0, 0.05) is 29.6 Å². The minimum absolute atomic E-state index is 0.132. The van der Waals surface area contributed by atoms with E-state index in [1.807, 2.05) is 0 Å². The van der Waals surface area contributed by atoms with Crippen molar-refractivity contribution in [3.05, 3.63) is 83.6 Å². The minimum Gasteiger partial charge on any atom is -0.334 e. The van der Waals surface area contributed by atoms with E-state index in [1.54, 1.807) is 24.5 Å². The van der Waals surface area contributed by atoms with Gasteiger partial charge in [0.05, 0.1) is 9.79 Å². The molecule has 0 atom stereocenters. The van der Waals surface area contributed by atoms with Crippen molar-refractivity contribution in [2.45, 2.75) is 16.3 Å². The maximum atomic E-state index is 12.6. The van der Waals surface area contributed by atoms with Crippen LogP contribution in [0.3, 0.4) is 0 Å². The molecule has 27 heavy (non-hydrogen) atoms. The Balaban J connectivity index is 1.64. The van der Waals surface area contributed by atoms with E-state index in [0.29, 0.717) is 17.3 Å². The summed E-state index contributed by atoms with van der Waals surface area (Å²) in [5, 5.41) is 5.84. The maximum Gasteiger partial charge on any atom is 0.319 e. The third-order valence-electron chi connectivity index (χ3n) is 3.75. The third-order valence-corrected chi connectivity index (χ3v) is 5.79. The normalized spacial score (nSPS) is 11.0. The molecule has 2 amide bonds. The highest BCUT2D eigenvalue weighted by atomic mass is 35.5. The maximum absolute atomic E-state index is 12.6. The first kappa shape index (κ1) is 18.9. The number of nitrogens with one attached hydrogen (secondary N) is 2. The number of amides is 2. The van der Waals surface area contributed by atoms with Crippen LogP contribution in [0.5, 0.6) is 0 Å². The summed E-state index contributed by atoms with van der Waals surface area (Å²) in [4.78, 5) is 16.2. The van der Waals surface area contributed by atoms with Crippen LogP contribution in [0.1, 0.15) is 5.56 Å². The van der Waals surface area contributed by atoms with Gasteiger partial charge in [-0.2, -0.15) is 0 Å². The van der Waals surface area contributed by atoms with Crippen molar-refractivity contribution in [1.29, 1.82) is 0 Å². The van der Waals surface area contributed by atoms with Crippen molar-refractivity contribution in [3.8, 4) is 0 Å². The second-order valence-electron chi connectivity index (χ2n) is 5.64. The van der Waals surface area contributed by atoms with Gasteiger partial charge in [-0.15, -0.1) is 0 Å². The summed E-state index contributed by atoms with van der Waals surface area (Å²) in [7, 11) is -3.64. The molecule has 0 radical (unpaired) electrons. The third kappa shape index (κ3) is 4.84. The van der Waals surface area contributed by atoms with Crippen LogP contribution < -0.4 is 10.6 Å². The topological polar surface area (TPSA) is 88.2 Å². The van der Waals surface area contributed by atoms with Crippen LogP contribution in [0, 0.1) is 0 Å². The first-order valence-corrected chi connectivity index (χ1v) is 9.86. The molecule has 0 bridgehead atoms. The fourth-order valence-electron chi connectivity index (χ4n) is 2.33. The van der Waals surface area contributed by atoms with Gasteiger partial charge < -0.3 is 10.6 Å². The van der Waals surface area contributed by atoms with E-state index in [2.05, 4.69) is 15.6 Å². The molecule has 3 aromatic rings. The van der Waals surface area contributed by atoms with Gasteiger partial charge in [0.2, 0.25) is 9.84 Å². The highest BCUT2D eigenvalue weighted by Gasteiger charge is 2.17. The van der Waals surface area contributed by atoms with Gasteiger partial charge in [-0.25, -0.2) is 13.2 Å². The number of sulfone groups is 1. The molecule has 0 fully saturated rings.